The van der Waals surface area contributed by atoms with Crippen LogP contribution in [0.3, 0.4) is 0 Å². The van der Waals surface area contributed by atoms with Gasteiger partial charge in [0.1, 0.15) is 0 Å². The topological polar surface area (TPSA) is 179 Å². The van der Waals surface area contributed by atoms with E-state index in [9.17, 15) is 37.2 Å². The molecule has 0 radical (unpaired) electrons. The molecular weight excluding hydrogens is 628 g/mol. The molecule has 0 saturated carbocycles. The normalized spacial score (nSPS) is 11.1. The Kier molecular flexibility index (Phi) is 13.9. The van der Waals surface area contributed by atoms with Gasteiger partial charge in [0.2, 0.25) is 21.7 Å². The number of nitrogens with one attached hydrogen (secondary N) is 2. The van der Waals surface area contributed by atoms with Crippen molar-refractivity contribution < 1.29 is 46.7 Å². The van der Waals surface area contributed by atoms with Crippen molar-refractivity contribution in [2.24, 2.45) is 0 Å². The zero-order valence-electron chi connectivity index (χ0n) is 26.5. The molecule has 0 heterocycles. The van der Waals surface area contributed by atoms with Gasteiger partial charge < -0.3 is 20.1 Å². The molecule has 0 bridgehead atoms. The number of benzene rings is 2. The van der Waals surface area contributed by atoms with E-state index in [0.717, 1.165) is 24.3 Å². The molecule has 0 fully saturated rings. The number of anilines is 2. The van der Waals surface area contributed by atoms with E-state index in [1.165, 1.54) is 38.1 Å². The van der Waals surface area contributed by atoms with Crippen LogP contribution in [0, 0.1) is 13.8 Å². The summed E-state index contributed by atoms with van der Waals surface area (Å²) in [6, 6.07) is 8.71. The number of sulfone groups is 1. The molecule has 0 saturated heterocycles. The summed E-state index contributed by atoms with van der Waals surface area (Å²) in [5.41, 5.74) is 1.08. The van der Waals surface area contributed by atoms with Crippen molar-refractivity contribution in [3.63, 3.8) is 0 Å². The third kappa shape index (κ3) is 11.5. The maximum Gasteiger partial charge on any atom is 0.333 e. The lowest BCUT2D eigenvalue weighted by atomic mass is 10.2. The van der Waals surface area contributed by atoms with Gasteiger partial charge in [0.05, 0.1) is 34.4 Å². The molecule has 12 nitrogen and oxygen atoms in total. The first-order valence-electron chi connectivity index (χ1n) is 14.2. The van der Waals surface area contributed by atoms with E-state index in [4.69, 9.17) is 9.47 Å². The van der Waals surface area contributed by atoms with Gasteiger partial charge in [-0.05, 0) is 63.1 Å². The molecule has 2 rings (SSSR count). The average Bonchev–Trinajstić information content (AvgIpc) is 3.00. The van der Waals surface area contributed by atoms with E-state index in [-0.39, 0.29) is 58.4 Å². The number of amides is 2. The van der Waals surface area contributed by atoms with Crippen LogP contribution in [-0.4, -0.2) is 57.0 Å². The highest BCUT2D eigenvalue weighted by Crippen LogP contribution is 2.35. The lowest BCUT2D eigenvalue weighted by molar-refractivity contribution is -0.140. The van der Waals surface area contributed by atoms with Gasteiger partial charge in [-0.15, -0.1) is 0 Å². The molecule has 2 aromatic carbocycles. The SMILES string of the molecule is C=C(C)C(=O)OCCC(=O)C=CC(=O)Nc1c(C)cccc1S(=O)(=O)c1cccc(C)c1NC(=O)C=CC(=O)CCOC(=O)C(=C)C. The van der Waals surface area contributed by atoms with E-state index in [0.29, 0.717) is 11.1 Å². The number of esters is 2. The van der Waals surface area contributed by atoms with Gasteiger partial charge in [0.25, 0.3) is 0 Å². The first-order valence-corrected chi connectivity index (χ1v) is 15.7. The van der Waals surface area contributed by atoms with Gasteiger partial charge in [-0.25, -0.2) is 18.0 Å². The Balaban J connectivity index is 2.24. The van der Waals surface area contributed by atoms with Crippen LogP contribution in [-0.2, 0) is 48.1 Å². The zero-order chi connectivity index (χ0) is 35.3. The van der Waals surface area contributed by atoms with E-state index >= 15 is 0 Å². The number of allylic oxidation sites excluding steroid dienone is 2. The lowest BCUT2D eigenvalue weighted by Gasteiger charge is -2.17. The largest absolute Gasteiger partial charge is 0.462 e. The van der Waals surface area contributed by atoms with Crippen molar-refractivity contribution in [2.75, 3.05) is 23.8 Å². The van der Waals surface area contributed by atoms with Crippen LogP contribution in [0.4, 0.5) is 11.4 Å². The Bertz CT molecular complexity index is 1660. The van der Waals surface area contributed by atoms with Crippen molar-refractivity contribution in [1.29, 1.82) is 0 Å². The van der Waals surface area contributed by atoms with Crippen molar-refractivity contribution in [3.05, 3.63) is 96.1 Å². The summed E-state index contributed by atoms with van der Waals surface area (Å²) < 4.78 is 37.7. The molecule has 0 atom stereocenters. The monoisotopic (exact) mass is 664 g/mol. The van der Waals surface area contributed by atoms with Crippen LogP contribution in [0.15, 0.2) is 94.8 Å². The van der Waals surface area contributed by atoms with Gasteiger partial charge in [-0.1, -0.05) is 37.4 Å². The van der Waals surface area contributed by atoms with Crippen molar-refractivity contribution >= 4 is 56.5 Å². The van der Waals surface area contributed by atoms with E-state index < -0.39 is 45.2 Å². The number of carbonyl (C=O) groups excluding carboxylic acids is 6. The van der Waals surface area contributed by atoms with E-state index in [2.05, 4.69) is 23.8 Å². The lowest BCUT2D eigenvalue weighted by Crippen LogP contribution is -2.17. The highest BCUT2D eigenvalue weighted by Gasteiger charge is 2.27. The van der Waals surface area contributed by atoms with Crippen LogP contribution in [0.1, 0.15) is 37.8 Å². The number of ketones is 2. The molecule has 0 aliphatic heterocycles. The number of hydrogen-bond acceptors (Lipinski definition) is 10. The van der Waals surface area contributed by atoms with Gasteiger partial charge in [-0.3, -0.25) is 19.2 Å². The molecule has 13 heteroatoms. The minimum absolute atomic E-state index is 0.0402. The predicted octanol–water partition coefficient (Wildman–Crippen LogP) is 4.28. The number of ether oxygens (including phenoxy) is 2. The second-order valence-corrected chi connectivity index (χ2v) is 12.2. The molecule has 2 N–H and O–H groups in total. The minimum atomic E-state index is -4.38. The van der Waals surface area contributed by atoms with E-state index in [1.807, 2.05) is 0 Å². The summed E-state index contributed by atoms with van der Waals surface area (Å²) in [7, 11) is -4.38. The summed E-state index contributed by atoms with van der Waals surface area (Å²) in [6.45, 7) is 12.6. The number of rotatable bonds is 16. The summed E-state index contributed by atoms with van der Waals surface area (Å²) >= 11 is 0. The zero-order valence-corrected chi connectivity index (χ0v) is 27.3. The summed E-state index contributed by atoms with van der Waals surface area (Å²) in [5.74, 6) is -3.88. The van der Waals surface area contributed by atoms with Crippen LogP contribution in [0.2, 0.25) is 0 Å². The fraction of sp³-hybridized carbons (Fsp3) is 0.235. The third-order valence-corrected chi connectivity index (χ3v) is 8.08. The van der Waals surface area contributed by atoms with Gasteiger partial charge in [-0.2, -0.15) is 0 Å². The maximum absolute atomic E-state index is 14.0. The highest BCUT2D eigenvalue weighted by atomic mass is 32.2. The van der Waals surface area contributed by atoms with Crippen LogP contribution in [0.25, 0.3) is 0 Å². The molecule has 248 valence electrons. The number of aryl methyl sites for hydroxylation is 2. The highest BCUT2D eigenvalue weighted by molar-refractivity contribution is 7.91. The Morgan fingerprint density at radius 1 is 0.660 bits per heavy atom. The quantitative estimate of drug-likeness (QED) is 0.194. The van der Waals surface area contributed by atoms with Crippen molar-refractivity contribution in [2.45, 2.75) is 50.3 Å². The third-order valence-electron chi connectivity index (χ3n) is 6.25. The Morgan fingerprint density at radius 3 is 1.36 bits per heavy atom. The van der Waals surface area contributed by atoms with Crippen LogP contribution < -0.4 is 10.6 Å². The molecular formula is C34H36N2O10S. The summed E-state index contributed by atoms with van der Waals surface area (Å²) in [5, 5.41) is 5.02. The predicted molar refractivity (Wildman–Crippen MR) is 174 cm³/mol. The second-order valence-electron chi connectivity index (χ2n) is 10.3. The Morgan fingerprint density at radius 2 is 1.02 bits per heavy atom. The Hall–Kier alpha value is -5.43. The van der Waals surface area contributed by atoms with Gasteiger partial charge in [0.15, 0.2) is 11.6 Å². The molecule has 0 unspecified atom stereocenters. The van der Waals surface area contributed by atoms with Crippen molar-refractivity contribution in [3.8, 4) is 0 Å². The van der Waals surface area contributed by atoms with E-state index in [1.54, 1.807) is 26.0 Å². The molecule has 0 aliphatic rings. The second kappa shape index (κ2) is 17.3. The fourth-order valence-corrected chi connectivity index (χ4v) is 5.45. The standard InChI is InChI=1S/C34H36N2O10S/c1-21(2)33(41)45-19-17-25(37)13-15-29(39)35-31-23(5)9-7-11-27(31)47(43,44)28-12-8-10-24(6)32(28)36-30(40)16-14-26(38)18-20-46-34(42)22(3)4/h7-16H,1,3,17-20H2,2,4-6H3,(H,35,39)(H,36,40). The molecule has 0 aromatic heterocycles. The maximum atomic E-state index is 14.0. The minimum Gasteiger partial charge on any atom is -0.462 e. The fourth-order valence-electron chi connectivity index (χ4n) is 3.74. The number of carbonyl (C=O) groups is 6. The van der Waals surface area contributed by atoms with Gasteiger partial charge in [0, 0.05) is 36.1 Å². The molecule has 0 spiro atoms. The number of para-hydroxylation sites is 2. The Labute approximate surface area is 273 Å². The number of hydrogen-bond donors (Lipinski definition) is 2. The van der Waals surface area contributed by atoms with Crippen LogP contribution >= 0.6 is 0 Å². The first-order chi connectivity index (χ1) is 22.0. The molecule has 2 aromatic rings. The molecule has 0 aliphatic carbocycles. The molecule has 2 amide bonds. The smallest absolute Gasteiger partial charge is 0.333 e. The average molecular weight is 665 g/mol. The summed E-state index contributed by atoms with van der Waals surface area (Å²) in [6.07, 6.45) is 3.48. The van der Waals surface area contributed by atoms with Gasteiger partial charge >= 0.3 is 11.9 Å². The first kappa shape index (κ1) is 37.8. The van der Waals surface area contributed by atoms with Crippen LogP contribution in [0.5, 0.6) is 0 Å². The molecule has 47 heavy (non-hydrogen) atoms. The van der Waals surface area contributed by atoms with Crippen molar-refractivity contribution in [1.82, 2.24) is 0 Å². The summed E-state index contributed by atoms with van der Waals surface area (Å²) in [4.78, 5) is 72.0.